The molecule has 2 atom stereocenters. The third-order valence-corrected chi connectivity index (χ3v) is 5.79. The topological polar surface area (TPSA) is 144 Å². The SMILES string of the molecule is CN(c1ccccc1)c1nc(N)nc(-c2ncon2)n1.O=C1C2CC2C(=O)N1Cc1ccccc1. The van der Waals surface area contributed by atoms with Crippen LogP contribution < -0.4 is 10.6 Å². The number of nitrogens with two attached hydrogens (primary N) is 1. The number of likely N-dealkylation sites (tertiary alicyclic amines) is 1. The van der Waals surface area contributed by atoms with E-state index in [1.807, 2.05) is 67.7 Å². The van der Waals surface area contributed by atoms with Crippen LogP contribution in [0.3, 0.4) is 0 Å². The Balaban J connectivity index is 0.000000151. The Bertz CT molecular complexity index is 1310. The van der Waals surface area contributed by atoms with Crippen molar-refractivity contribution >= 4 is 29.4 Å². The van der Waals surface area contributed by atoms with Gasteiger partial charge in [-0.3, -0.25) is 14.5 Å². The van der Waals surface area contributed by atoms with Gasteiger partial charge in [-0.1, -0.05) is 53.7 Å². The minimum Gasteiger partial charge on any atom is -0.368 e. The molecule has 1 aliphatic heterocycles. The number of nitrogens with zero attached hydrogens (tertiary/aromatic N) is 7. The summed E-state index contributed by atoms with van der Waals surface area (Å²) in [6.45, 7) is 0.436. The number of imide groups is 1. The van der Waals surface area contributed by atoms with Gasteiger partial charge >= 0.3 is 0 Å². The van der Waals surface area contributed by atoms with E-state index in [4.69, 9.17) is 5.73 Å². The number of benzene rings is 2. The molecule has 1 saturated carbocycles. The Hall–Kier alpha value is -4.67. The number of amides is 2. The van der Waals surface area contributed by atoms with E-state index in [1.54, 1.807) is 4.90 Å². The zero-order chi connectivity index (χ0) is 24.4. The summed E-state index contributed by atoms with van der Waals surface area (Å²) in [4.78, 5) is 42.8. The molecule has 11 heteroatoms. The van der Waals surface area contributed by atoms with E-state index in [9.17, 15) is 9.59 Å². The van der Waals surface area contributed by atoms with Crippen LogP contribution in [0.5, 0.6) is 0 Å². The highest BCUT2D eigenvalue weighted by molar-refractivity contribution is 6.08. The van der Waals surface area contributed by atoms with Gasteiger partial charge in [0.2, 0.25) is 41.8 Å². The molecule has 11 nitrogen and oxygen atoms in total. The number of nitrogen functional groups attached to an aromatic ring is 1. The Kier molecular flexibility index (Phi) is 5.88. The number of piperidine rings is 1. The molecule has 35 heavy (non-hydrogen) atoms. The number of hydrogen-bond acceptors (Lipinski definition) is 10. The molecule has 6 rings (SSSR count). The summed E-state index contributed by atoms with van der Waals surface area (Å²) in [5.41, 5.74) is 7.65. The van der Waals surface area contributed by atoms with E-state index in [2.05, 4.69) is 29.6 Å². The smallest absolute Gasteiger partial charge is 0.240 e. The molecule has 2 amide bonds. The predicted octanol–water partition coefficient (Wildman–Crippen LogP) is 2.46. The van der Waals surface area contributed by atoms with Crippen LogP contribution in [0.2, 0.25) is 0 Å². The fourth-order valence-electron chi connectivity index (χ4n) is 3.84. The van der Waals surface area contributed by atoms with E-state index in [0.717, 1.165) is 17.7 Å². The van der Waals surface area contributed by atoms with E-state index in [-0.39, 0.29) is 41.2 Å². The average Bonchev–Trinajstić information content (AvgIpc) is 3.43. The monoisotopic (exact) mass is 470 g/mol. The fourth-order valence-corrected chi connectivity index (χ4v) is 3.84. The lowest BCUT2D eigenvalue weighted by Gasteiger charge is -2.17. The van der Waals surface area contributed by atoms with Gasteiger partial charge in [0.15, 0.2) is 0 Å². The second kappa shape index (κ2) is 9.29. The van der Waals surface area contributed by atoms with Crippen LogP contribution in [0, 0.1) is 11.8 Å². The third-order valence-electron chi connectivity index (χ3n) is 5.79. The lowest BCUT2D eigenvalue weighted by atomic mass is 10.2. The number of carbonyl (C=O) groups excluding carboxylic acids is 2. The number of para-hydroxylation sites is 1. The number of carbonyl (C=O) groups is 2. The van der Waals surface area contributed by atoms with Crippen molar-refractivity contribution in [2.24, 2.45) is 11.8 Å². The minimum atomic E-state index is 0.0150. The second-order valence-corrected chi connectivity index (χ2v) is 8.16. The normalized spacial score (nSPS) is 18.0. The van der Waals surface area contributed by atoms with E-state index < -0.39 is 0 Å². The maximum absolute atomic E-state index is 11.7. The van der Waals surface area contributed by atoms with Crippen LogP contribution in [0.25, 0.3) is 11.6 Å². The first kappa shape index (κ1) is 22.1. The first-order valence-electron chi connectivity index (χ1n) is 11.0. The van der Waals surface area contributed by atoms with Gasteiger partial charge in [-0.2, -0.15) is 19.9 Å². The first-order valence-corrected chi connectivity index (χ1v) is 11.0. The zero-order valence-electron chi connectivity index (χ0n) is 18.9. The molecule has 2 fully saturated rings. The molecule has 3 heterocycles. The van der Waals surface area contributed by atoms with Crippen molar-refractivity contribution in [2.45, 2.75) is 13.0 Å². The minimum absolute atomic E-state index is 0.0150. The van der Waals surface area contributed by atoms with Crippen LogP contribution in [0.15, 0.2) is 71.6 Å². The molecule has 2 aromatic carbocycles. The number of rotatable bonds is 5. The highest BCUT2D eigenvalue weighted by atomic mass is 16.5. The van der Waals surface area contributed by atoms with E-state index in [1.165, 1.54) is 11.3 Å². The summed E-state index contributed by atoms with van der Waals surface area (Å²) in [6, 6.07) is 19.3. The molecule has 4 aromatic rings. The molecule has 176 valence electrons. The molecule has 2 unspecified atom stereocenters. The molecule has 0 radical (unpaired) electrons. The largest absolute Gasteiger partial charge is 0.368 e. The number of anilines is 3. The Morgan fingerprint density at radius 2 is 1.60 bits per heavy atom. The maximum atomic E-state index is 11.7. The predicted molar refractivity (Wildman–Crippen MR) is 126 cm³/mol. The van der Waals surface area contributed by atoms with Crippen molar-refractivity contribution in [3.63, 3.8) is 0 Å². The summed E-state index contributed by atoms with van der Waals surface area (Å²) in [5, 5.41) is 3.69. The van der Waals surface area contributed by atoms with E-state index in [0.29, 0.717) is 12.5 Å². The van der Waals surface area contributed by atoms with Crippen LogP contribution in [-0.2, 0) is 16.1 Å². The van der Waals surface area contributed by atoms with Gasteiger partial charge in [0, 0.05) is 12.7 Å². The molecule has 0 spiro atoms. The fraction of sp³-hybridized carbons (Fsp3) is 0.208. The first-order chi connectivity index (χ1) is 17.0. The molecular weight excluding hydrogens is 448 g/mol. The average molecular weight is 470 g/mol. The standard InChI is InChI=1S/C12H11N7O.C12H11NO2/c1-19(8-5-3-2-4-6-8)12-16-10(15-11(13)17-12)9-14-7-20-18-9;14-11-9-6-10(9)12(15)13(11)7-8-4-2-1-3-5-8/h2-7H,1H3,(H2,13,15,16,17);1-5,9-10H,6-7H2. The van der Waals surface area contributed by atoms with Gasteiger partial charge in [-0.05, 0) is 24.1 Å². The highest BCUT2D eigenvalue weighted by Gasteiger charge is 2.58. The second-order valence-electron chi connectivity index (χ2n) is 8.16. The van der Waals surface area contributed by atoms with Gasteiger partial charge < -0.3 is 15.2 Å². The summed E-state index contributed by atoms with van der Waals surface area (Å²) in [5.74, 6) is 1.11. The molecule has 2 aromatic heterocycles. The molecule has 2 N–H and O–H groups in total. The van der Waals surface area contributed by atoms with Crippen molar-refractivity contribution in [3.05, 3.63) is 72.6 Å². The number of fused-ring (bicyclic) bond motifs is 1. The van der Waals surface area contributed by atoms with Crippen LogP contribution in [0.1, 0.15) is 12.0 Å². The Labute approximate surface area is 200 Å². The zero-order valence-corrected chi connectivity index (χ0v) is 18.9. The van der Waals surface area contributed by atoms with Crippen LogP contribution in [0.4, 0.5) is 17.6 Å². The number of hydrogen-bond donors (Lipinski definition) is 1. The van der Waals surface area contributed by atoms with Gasteiger partial charge in [-0.25, -0.2) is 0 Å². The van der Waals surface area contributed by atoms with Crippen molar-refractivity contribution in [2.75, 3.05) is 17.7 Å². The summed E-state index contributed by atoms with van der Waals surface area (Å²) >= 11 is 0. The summed E-state index contributed by atoms with van der Waals surface area (Å²) < 4.78 is 4.68. The lowest BCUT2D eigenvalue weighted by Crippen LogP contribution is -2.32. The molecule has 1 saturated heterocycles. The van der Waals surface area contributed by atoms with Gasteiger partial charge in [0.1, 0.15) is 0 Å². The molecule has 2 aliphatic rings. The molecule has 0 bridgehead atoms. The van der Waals surface area contributed by atoms with E-state index >= 15 is 0 Å². The lowest BCUT2D eigenvalue weighted by molar-refractivity contribution is -0.142. The Morgan fingerprint density at radius 3 is 2.23 bits per heavy atom. The maximum Gasteiger partial charge on any atom is 0.240 e. The van der Waals surface area contributed by atoms with Crippen LogP contribution in [-0.4, -0.2) is 48.9 Å². The summed E-state index contributed by atoms with van der Waals surface area (Å²) in [7, 11) is 1.84. The summed E-state index contributed by atoms with van der Waals surface area (Å²) in [6.07, 6.45) is 1.98. The van der Waals surface area contributed by atoms with Crippen LogP contribution >= 0.6 is 0 Å². The molecular formula is C24H22N8O3. The van der Waals surface area contributed by atoms with Crippen molar-refractivity contribution < 1.29 is 14.1 Å². The quantitative estimate of drug-likeness (QED) is 0.432. The van der Waals surface area contributed by atoms with Crippen molar-refractivity contribution in [1.82, 2.24) is 30.0 Å². The van der Waals surface area contributed by atoms with Gasteiger partial charge in [0.05, 0.1) is 18.4 Å². The number of aromatic nitrogens is 5. The molecule has 1 aliphatic carbocycles. The van der Waals surface area contributed by atoms with Gasteiger partial charge in [-0.15, -0.1) is 0 Å². The van der Waals surface area contributed by atoms with Gasteiger partial charge in [0.25, 0.3) is 0 Å². The van der Waals surface area contributed by atoms with Crippen molar-refractivity contribution in [1.29, 1.82) is 0 Å². The Morgan fingerprint density at radius 1 is 0.943 bits per heavy atom. The third kappa shape index (κ3) is 4.69. The highest BCUT2D eigenvalue weighted by Crippen LogP contribution is 2.47. The van der Waals surface area contributed by atoms with Crippen molar-refractivity contribution in [3.8, 4) is 11.6 Å².